The molecule has 0 spiro atoms. The minimum absolute atomic E-state index is 0.955. The highest BCUT2D eigenvalue weighted by molar-refractivity contribution is 7.21. The van der Waals surface area contributed by atoms with E-state index in [9.17, 15) is 0 Å². The second kappa shape index (κ2) is 12.1. The van der Waals surface area contributed by atoms with Gasteiger partial charge in [-0.3, -0.25) is 4.99 Å². The van der Waals surface area contributed by atoms with Crippen molar-refractivity contribution >= 4 is 33.5 Å². The number of rotatable bonds is 10. The van der Waals surface area contributed by atoms with E-state index in [0.29, 0.717) is 0 Å². The number of benzene rings is 4. The van der Waals surface area contributed by atoms with Crippen LogP contribution in [0.25, 0.3) is 31.9 Å². The van der Waals surface area contributed by atoms with Crippen LogP contribution in [0.5, 0.6) is 0 Å². The summed E-state index contributed by atoms with van der Waals surface area (Å²) in [4.78, 5) is 10.1. The Morgan fingerprint density at radius 2 is 1.41 bits per heavy atom. The smallest absolute Gasteiger partial charge is 0.126 e. The summed E-state index contributed by atoms with van der Waals surface area (Å²) >= 11 is 1.73. The summed E-state index contributed by atoms with van der Waals surface area (Å²) in [6.45, 7) is 4.51. The predicted molar refractivity (Wildman–Crippen MR) is 161 cm³/mol. The van der Waals surface area contributed by atoms with E-state index in [1.54, 1.807) is 11.3 Å². The third kappa shape index (κ3) is 6.06. The van der Waals surface area contributed by atoms with Gasteiger partial charge in [-0.2, -0.15) is 0 Å². The van der Waals surface area contributed by atoms with Crippen molar-refractivity contribution in [3.8, 4) is 21.7 Å². The van der Waals surface area contributed by atoms with Crippen molar-refractivity contribution in [3.63, 3.8) is 0 Å². The third-order valence-corrected chi connectivity index (χ3v) is 7.76. The van der Waals surface area contributed by atoms with Crippen LogP contribution in [0.4, 0.5) is 5.69 Å². The molecule has 0 N–H and O–H groups in total. The van der Waals surface area contributed by atoms with Crippen LogP contribution >= 0.6 is 11.3 Å². The molecule has 0 unspecified atom stereocenters. The van der Waals surface area contributed by atoms with Gasteiger partial charge in [0, 0.05) is 17.3 Å². The lowest BCUT2D eigenvalue weighted by Crippen LogP contribution is -1.94. The fourth-order valence-corrected chi connectivity index (χ4v) is 5.77. The first-order chi connectivity index (χ1) is 18.2. The summed E-state index contributed by atoms with van der Waals surface area (Å²) in [5.41, 5.74) is 9.48. The van der Waals surface area contributed by atoms with Gasteiger partial charge >= 0.3 is 0 Å². The molecule has 5 aromatic rings. The highest BCUT2D eigenvalue weighted by Gasteiger charge is 2.13. The monoisotopic (exact) mass is 502 g/mol. The number of nitrogens with zero attached hydrogens (tertiary/aromatic N) is 2. The Kier molecular flexibility index (Phi) is 8.22. The fourth-order valence-electron chi connectivity index (χ4n) is 4.74. The van der Waals surface area contributed by atoms with Crippen molar-refractivity contribution in [2.75, 3.05) is 0 Å². The van der Waals surface area contributed by atoms with E-state index in [0.717, 1.165) is 34.6 Å². The van der Waals surface area contributed by atoms with E-state index in [1.165, 1.54) is 58.2 Å². The fraction of sp³-hybridized carbons (Fsp3) is 0.235. The maximum Gasteiger partial charge on any atom is 0.126 e. The first-order valence-electron chi connectivity index (χ1n) is 13.5. The molecule has 0 saturated carbocycles. The maximum absolute atomic E-state index is 5.12. The molecule has 1 aromatic heterocycles. The van der Waals surface area contributed by atoms with Crippen molar-refractivity contribution in [2.45, 2.75) is 52.4 Å². The Morgan fingerprint density at radius 3 is 2.14 bits per heavy atom. The van der Waals surface area contributed by atoms with E-state index < -0.39 is 0 Å². The van der Waals surface area contributed by atoms with Gasteiger partial charge in [0.2, 0.25) is 0 Å². The maximum atomic E-state index is 5.12. The van der Waals surface area contributed by atoms with E-state index in [4.69, 9.17) is 9.98 Å². The van der Waals surface area contributed by atoms with Gasteiger partial charge in [-0.25, -0.2) is 4.98 Å². The Bertz CT molecular complexity index is 1470. The van der Waals surface area contributed by atoms with Crippen LogP contribution in [-0.2, 0) is 12.8 Å². The molecule has 37 heavy (non-hydrogen) atoms. The number of hydrogen-bond acceptors (Lipinski definition) is 3. The lowest BCUT2D eigenvalue weighted by molar-refractivity contribution is 0.780. The summed E-state index contributed by atoms with van der Waals surface area (Å²) in [5, 5.41) is 1.01. The normalized spacial score (nSPS) is 11.5. The highest BCUT2D eigenvalue weighted by atomic mass is 32.1. The molecule has 5 rings (SSSR count). The molecule has 0 radical (unpaired) electrons. The lowest BCUT2D eigenvalue weighted by Gasteiger charge is -2.08. The highest BCUT2D eigenvalue weighted by Crippen LogP contribution is 2.39. The quantitative estimate of drug-likeness (QED) is 0.174. The molecule has 1 heterocycles. The Balaban J connectivity index is 1.49. The number of thiazole rings is 1. The van der Waals surface area contributed by atoms with Crippen LogP contribution in [-0.4, -0.2) is 11.2 Å². The summed E-state index contributed by atoms with van der Waals surface area (Å²) < 4.78 is 1.19. The van der Waals surface area contributed by atoms with Crippen LogP contribution in [0.1, 0.15) is 56.2 Å². The van der Waals surface area contributed by atoms with E-state index >= 15 is 0 Å². The van der Waals surface area contributed by atoms with E-state index in [2.05, 4.69) is 105 Å². The van der Waals surface area contributed by atoms with Gasteiger partial charge in [-0.05, 0) is 66.1 Å². The minimum Gasteiger partial charge on any atom is -0.256 e. The van der Waals surface area contributed by atoms with Crippen molar-refractivity contribution in [2.24, 2.45) is 4.99 Å². The minimum atomic E-state index is 0.955. The molecular weight excluding hydrogens is 468 g/mol. The summed E-state index contributed by atoms with van der Waals surface area (Å²) in [6, 6.07) is 32.3. The van der Waals surface area contributed by atoms with E-state index in [1.807, 2.05) is 6.21 Å². The number of unbranched alkanes of at least 4 members (excludes halogenated alkanes) is 2. The van der Waals surface area contributed by atoms with Crippen LogP contribution in [0.2, 0.25) is 0 Å². The molecule has 3 heteroatoms. The SMILES string of the molecule is CCCCc1cc(C=Nc2ccccc2-c2nc3c(-c4ccccc4)cccc3s2)cc(CCCC)c1. The van der Waals surface area contributed by atoms with Crippen LogP contribution in [0, 0.1) is 0 Å². The number of para-hydroxylation sites is 2. The molecule has 0 aliphatic carbocycles. The number of aromatic nitrogens is 1. The summed E-state index contributed by atoms with van der Waals surface area (Å²) in [6.07, 6.45) is 9.16. The average Bonchev–Trinajstić information content (AvgIpc) is 3.39. The zero-order valence-corrected chi connectivity index (χ0v) is 22.6. The van der Waals surface area contributed by atoms with Crippen molar-refractivity contribution in [3.05, 3.63) is 108 Å². The molecule has 0 saturated heterocycles. The number of fused-ring (bicyclic) bond motifs is 1. The van der Waals surface area contributed by atoms with Crippen molar-refractivity contribution < 1.29 is 0 Å². The molecular formula is C34H34N2S. The van der Waals surface area contributed by atoms with Gasteiger partial charge < -0.3 is 0 Å². The average molecular weight is 503 g/mol. The first-order valence-corrected chi connectivity index (χ1v) is 14.3. The van der Waals surface area contributed by atoms with Crippen LogP contribution in [0.15, 0.2) is 96.0 Å². The van der Waals surface area contributed by atoms with Gasteiger partial charge in [0.15, 0.2) is 0 Å². The Labute approximate surface area is 224 Å². The first kappa shape index (κ1) is 25.1. The molecule has 0 fully saturated rings. The zero-order chi connectivity index (χ0) is 25.5. The van der Waals surface area contributed by atoms with Gasteiger partial charge in [0.25, 0.3) is 0 Å². The molecule has 0 amide bonds. The molecule has 4 aromatic carbocycles. The van der Waals surface area contributed by atoms with Crippen molar-refractivity contribution in [1.82, 2.24) is 4.98 Å². The molecule has 0 aliphatic heterocycles. The molecule has 0 aliphatic rings. The van der Waals surface area contributed by atoms with Gasteiger partial charge in [-0.15, -0.1) is 11.3 Å². The number of aryl methyl sites for hydroxylation is 2. The summed E-state index contributed by atoms with van der Waals surface area (Å²) in [7, 11) is 0. The second-order valence-electron chi connectivity index (χ2n) is 9.60. The van der Waals surface area contributed by atoms with Gasteiger partial charge in [0.05, 0.1) is 15.9 Å². The Morgan fingerprint density at radius 1 is 0.730 bits per heavy atom. The largest absolute Gasteiger partial charge is 0.256 e. The zero-order valence-electron chi connectivity index (χ0n) is 21.8. The molecule has 0 atom stereocenters. The van der Waals surface area contributed by atoms with Gasteiger partial charge in [-0.1, -0.05) is 99.5 Å². The van der Waals surface area contributed by atoms with Crippen LogP contribution < -0.4 is 0 Å². The molecule has 0 bridgehead atoms. The second-order valence-corrected chi connectivity index (χ2v) is 10.6. The van der Waals surface area contributed by atoms with Crippen molar-refractivity contribution in [1.29, 1.82) is 0 Å². The van der Waals surface area contributed by atoms with Gasteiger partial charge in [0.1, 0.15) is 5.01 Å². The third-order valence-electron chi connectivity index (χ3n) is 6.70. The lowest BCUT2D eigenvalue weighted by atomic mass is 9.99. The van der Waals surface area contributed by atoms with E-state index in [-0.39, 0.29) is 0 Å². The Hall–Kier alpha value is -3.56. The molecule has 186 valence electrons. The molecule has 2 nitrogen and oxygen atoms in total. The summed E-state index contributed by atoms with van der Waals surface area (Å²) in [5.74, 6) is 0. The number of hydrogen-bond donors (Lipinski definition) is 0. The topological polar surface area (TPSA) is 25.2 Å². The number of aliphatic imine (C=N–C) groups is 1. The standard InChI is InChI=1S/C34H34N2S/c1-3-5-13-25-21-26(14-6-4-2)23-27(22-25)24-35-31-19-11-10-17-30(31)34-36-33-29(18-12-20-32(33)37-34)28-15-8-7-9-16-28/h7-12,15-24H,3-6,13-14H2,1-2H3. The van der Waals surface area contributed by atoms with Crippen LogP contribution in [0.3, 0.4) is 0 Å². The predicted octanol–water partition coefficient (Wildman–Crippen LogP) is 10.1.